The molecule has 0 aliphatic heterocycles. The van der Waals surface area contributed by atoms with Crippen LogP contribution in [-0.4, -0.2) is 37.7 Å². The highest BCUT2D eigenvalue weighted by Crippen LogP contribution is 2.17. The van der Waals surface area contributed by atoms with Gasteiger partial charge < -0.3 is 10.2 Å². The van der Waals surface area contributed by atoms with Crippen LogP contribution in [0.5, 0.6) is 0 Å². The lowest BCUT2D eigenvalue weighted by Crippen LogP contribution is -2.47. The van der Waals surface area contributed by atoms with Gasteiger partial charge in [0.05, 0.1) is 4.90 Å². The molecule has 1 atom stereocenters. The first-order valence-corrected chi connectivity index (χ1v) is 14.0. The van der Waals surface area contributed by atoms with E-state index in [1.54, 1.807) is 36.9 Å². The number of hydrogen-bond acceptors (Lipinski definition) is 4. The van der Waals surface area contributed by atoms with Gasteiger partial charge in [0, 0.05) is 31.1 Å². The Balaban J connectivity index is 1.69. The van der Waals surface area contributed by atoms with Gasteiger partial charge in [-0.2, -0.15) is 0 Å². The topological polar surface area (TPSA) is 95.6 Å². The van der Waals surface area contributed by atoms with Gasteiger partial charge in [-0.25, -0.2) is 13.1 Å². The van der Waals surface area contributed by atoms with Crippen molar-refractivity contribution in [2.45, 2.75) is 50.7 Å². The number of amides is 2. The maximum Gasteiger partial charge on any atom is 0.242 e. The summed E-state index contributed by atoms with van der Waals surface area (Å²) in [6.07, 6.45) is 0.591. The van der Waals surface area contributed by atoms with E-state index in [9.17, 15) is 18.0 Å². The molecule has 0 radical (unpaired) electrons. The quantitative estimate of drug-likeness (QED) is 0.357. The van der Waals surface area contributed by atoms with Crippen molar-refractivity contribution in [2.75, 3.05) is 6.54 Å². The molecule has 0 saturated heterocycles. The molecule has 7 nitrogen and oxygen atoms in total. The fourth-order valence-electron chi connectivity index (χ4n) is 3.84. The lowest BCUT2D eigenvalue weighted by Gasteiger charge is -2.29. The van der Waals surface area contributed by atoms with Crippen LogP contribution in [0.3, 0.4) is 0 Å². The molecular formula is C28H32ClN3O4S. The summed E-state index contributed by atoms with van der Waals surface area (Å²) in [5.74, 6) is -0.448. The van der Waals surface area contributed by atoms with Crippen LogP contribution in [0.2, 0.25) is 5.02 Å². The van der Waals surface area contributed by atoms with Crippen LogP contribution in [-0.2, 0) is 39.1 Å². The van der Waals surface area contributed by atoms with Gasteiger partial charge in [0.25, 0.3) is 0 Å². The highest BCUT2D eigenvalue weighted by atomic mass is 35.5. The van der Waals surface area contributed by atoms with Gasteiger partial charge in [0.2, 0.25) is 21.8 Å². The summed E-state index contributed by atoms with van der Waals surface area (Å²) < 4.78 is 26.8. The number of sulfonamides is 1. The second-order valence-corrected chi connectivity index (χ2v) is 10.8. The van der Waals surface area contributed by atoms with E-state index in [0.29, 0.717) is 24.5 Å². The van der Waals surface area contributed by atoms with Crippen LogP contribution in [0, 0.1) is 0 Å². The van der Waals surface area contributed by atoms with Crippen LogP contribution < -0.4 is 10.0 Å². The monoisotopic (exact) mass is 541 g/mol. The largest absolute Gasteiger partial charge is 0.350 e. The lowest BCUT2D eigenvalue weighted by molar-refractivity contribution is -0.140. The summed E-state index contributed by atoms with van der Waals surface area (Å²) in [5.41, 5.74) is 2.55. The van der Waals surface area contributed by atoms with E-state index >= 15 is 0 Å². The first kappa shape index (κ1) is 28.4. The first-order valence-electron chi connectivity index (χ1n) is 12.1. The van der Waals surface area contributed by atoms with E-state index in [2.05, 4.69) is 10.0 Å². The van der Waals surface area contributed by atoms with Crippen molar-refractivity contribution in [2.24, 2.45) is 0 Å². The van der Waals surface area contributed by atoms with Crippen molar-refractivity contribution in [3.63, 3.8) is 0 Å². The number of halogens is 1. The third-order valence-corrected chi connectivity index (χ3v) is 7.90. The highest BCUT2D eigenvalue weighted by Gasteiger charge is 2.26. The minimum Gasteiger partial charge on any atom is -0.350 e. The smallest absolute Gasteiger partial charge is 0.242 e. The van der Waals surface area contributed by atoms with Gasteiger partial charge >= 0.3 is 0 Å². The fraction of sp³-hybridized carbons (Fsp3) is 0.286. The Labute approximate surface area is 223 Å². The second kappa shape index (κ2) is 13.4. The first-order chi connectivity index (χ1) is 17.7. The Morgan fingerprint density at radius 3 is 2.22 bits per heavy atom. The number of carbonyl (C=O) groups is 2. The van der Waals surface area contributed by atoms with Gasteiger partial charge in [-0.05, 0) is 48.2 Å². The molecule has 9 heteroatoms. The Morgan fingerprint density at radius 2 is 1.57 bits per heavy atom. The molecule has 0 unspecified atom stereocenters. The van der Waals surface area contributed by atoms with Crippen molar-refractivity contribution in [1.82, 2.24) is 14.9 Å². The molecule has 0 aromatic heterocycles. The molecule has 0 aliphatic rings. The average Bonchev–Trinajstić information content (AvgIpc) is 2.90. The third kappa shape index (κ3) is 8.15. The SMILES string of the molecule is CCNS(=O)(=O)c1ccc(CCC(=O)N(Cc2ccccc2)[C@@H](C)C(=O)NCc2ccccc2Cl)cc1. The molecule has 0 heterocycles. The summed E-state index contributed by atoms with van der Waals surface area (Å²) in [5, 5.41) is 3.45. The molecule has 0 saturated carbocycles. The zero-order valence-electron chi connectivity index (χ0n) is 21.0. The van der Waals surface area contributed by atoms with Gasteiger partial charge in [0.15, 0.2) is 0 Å². The molecule has 0 spiro atoms. The van der Waals surface area contributed by atoms with Crippen LogP contribution >= 0.6 is 11.6 Å². The maximum absolute atomic E-state index is 13.3. The van der Waals surface area contributed by atoms with Crippen LogP contribution in [0.25, 0.3) is 0 Å². The number of hydrogen-bond donors (Lipinski definition) is 2. The number of carbonyl (C=O) groups excluding carboxylic acids is 2. The maximum atomic E-state index is 13.3. The van der Waals surface area contributed by atoms with Gasteiger partial charge in [-0.15, -0.1) is 0 Å². The number of nitrogens with one attached hydrogen (secondary N) is 2. The molecular weight excluding hydrogens is 510 g/mol. The molecule has 0 aliphatic carbocycles. The number of rotatable bonds is 12. The molecule has 3 aromatic rings. The predicted molar refractivity (Wildman–Crippen MR) is 145 cm³/mol. The second-order valence-electron chi connectivity index (χ2n) is 8.64. The standard InChI is InChI=1S/C28H32ClN3O4S/c1-3-31-37(35,36)25-16-13-22(14-17-25)15-18-27(33)32(20-23-9-5-4-6-10-23)21(2)28(34)30-19-24-11-7-8-12-26(24)29/h4-14,16-17,21,31H,3,15,18-20H2,1-2H3,(H,30,34)/t21-/m0/s1. The van der Waals surface area contributed by atoms with Crippen molar-refractivity contribution < 1.29 is 18.0 Å². The van der Waals surface area contributed by atoms with E-state index < -0.39 is 16.1 Å². The Kier molecular flexibility index (Phi) is 10.3. The molecule has 2 amide bonds. The number of nitrogens with zero attached hydrogens (tertiary/aromatic N) is 1. The summed E-state index contributed by atoms with van der Waals surface area (Å²) >= 11 is 6.20. The van der Waals surface area contributed by atoms with Crippen LogP contribution in [0.1, 0.15) is 37.0 Å². The summed E-state index contributed by atoms with van der Waals surface area (Å²) in [4.78, 5) is 28.1. The molecule has 2 N–H and O–H groups in total. The lowest BCUT2D eigenvalue weighted by atomic mass is 10.1. The Hall–Kier alpha value is -3.20. The predicted octanol–water partition coefficient (Wildman–Crippen LogP) is 4.30. The number of aryl methyl sites for hydroxylation is 1. The van der Waals surface area contributed by atoms with Gasteiger partial charge in [-0.3, -0.25) is 9.59 Å². The van der Waals surface area contributed by atoms with Gasteiger partial charge in [0.1, 0.15) is 6.04 Å². The van der Waals surface area contributed by atoms with E-state index in [4.69, 9.17) is 11.6 Å². The summed E-state index contributed by atoms with van der Waals surface area (Å²) in [6.45, 7) is 4.29. The molecule has 0 fully saturated rings. The Morgan fingerprint density at radius 1 is 0.919 bits per heavy atom. The van der Waals surface area contributed by atoms with Crippen LogP contribution in [0.15, 0.2) is 83.8 Å². The highest BCUT2D eigenvalue weighted by molar-refractivity contribution is 7.89. The van der Waals surface area contributed by atoms with Crippen molar-refractivity contribution >= 4 is 33.4 Å². The van der Waals surface area contributed by atoms with Crippen LogP contribution in [0.4, 0.5) is 0 Å². The molecule has 37 heavy (non-hydrogen) atoms. The van der Waals surface area contributed by atoms with E-state index in [1.165, 1.54) is 12.1 Å². The fourth-order valence-corrected chi connectivity index (χ4v) is 5.08. The minimum atomic E-state index is -3.53. The summed E-state index contributed by atoms with van der Waals surface area (Å²) in [6, 6.07) is 22.6. The normalized spacial score (nSPS) is 12.1. The van der Waals surface area contributed by atoms with E-state index in [0.717, 1.165) is 16.7 Å². The van der Waals surface area contributed by atoms with Crippen molar-refractivity contribution in [3.8, 4) is 0 Å². The zero-order chi connectivity index (χ0) is 26.8. The van der Waals surface area contributed by atoms with E-state index in [1.807, 2.05) is 48.5 Å². The molecule has 3 rings (SSSR count). The minimum absolute atomic E-state index is 0.173. The van der Waals surface area contributed by atoms with Gasteiger partial charge in [-0.1, -0.05) is 79.2 Å². The molecule has 3 aromatic carbocycles. The average molecular weight is 542 g/mol. The Bertz CT molecular complexity index is 1300. The van der Waals surface area contributed by atoms with Crippen molar-refractivity contribution in [3.05, 3.63) is 101 Å². The van der Waals surface area contributed by atoms with Crippen molar-refractivity contribution in [1.29, 1.82) is 0 Å². The zero-order valence-corrected chi connectivity index (χ0v) is 22.6. The molecule has 196 valence electrons. The third-order valence-electron chi connectivity index (χ3n) is 5.97. The number of benzene rings is 3. The summed E-state index contributed by atoms with van der Waals surface area (Å²) in [7, 11) is -3.53. The molecule has 0 bridgehead atoms. The van der Waals surface area contributed by atoms with E-state index in [-0.39, 0.29) is 29.7 Å².